The zero-order chi connectivity index (χ0) is 13.3. The van der Waals surface area contributed by atoms with Gasteiger partial charge in [-0.15, -0.1) is 0 Å². The number of ether oxygens (including phenoxy) is 1. The summed E-state index contributed by atoms with van der Waals surface area (Å²) in [5.74, 6) is 0.846. The van der Waals surface area contributed by atoms with Crippen molar-refractivity contribution in [1.29, 1.82) is 0 Å². The van der Waals surface area contributed by atoms with Crippen LogP contribution >= 0.6 is 15.9 Å². The summed E-state index contributed by atoms with van der Waals surface area (Å²) in [5, 5.41) is 0.966. The van der Waals surface area contributed by atoms with Gasteiger partial charge in [0, 0.05) is 5.33 Å². The van der Waals surface area contributed by atoms with Crippen LogP contribution in [0.4, 0.5) is 0 Å². The lowest BCUT2D eigenvalue weighted by Crippen LogP contribution is -2.45. The molecule has 0 aliphatic heterocycles. The molecular formula is C15H29BrO. The van der Waals surface area contributed by atoms with Crippen LogP contribution in [0.2, 0.25) is 0 Å². The van der Waals surface area contributed by atoms with Crippen molar-refractivity contribution in [2.75, 3.05) is 5.33 Å². The van der Waals surface area contributed by atoms with Crippen LogP contribution in [0.15, 0.2) is 0 Å². The molecule has 0 bridgehead atoms. The van der Waals surface area contributed by atoms with Gasteiger partial charge in [-0.05, 0) is 57.8 Å². The highest BCUT2D eigenvalue weighted by atomic mass is 79.9. The highest BCUT2D eigenvalue weighted by Crippen LogP contribution is 2.44. The third-order valence-electron chi connectivity index (χ3n) is 3.89. The van der Waals surface area contributed by atoms with E-state index in [-0.39, 0.29) is 11.2 Å². The molecule has 0 saturated heterocycles. The first-order valence-electron chi connectivity index (χ1n) is 6.84. The fourth-order valence-electron chi connectivity index (χ4n) is 2.92. The maximum Gasteiger partial charge on any atom is 0.0786 e. The number of rotatable bonds is 2. The predicted octanol–water partition coefficient (Wildman–Crippen LogP) is 5.17. The first-order valence-corrected chi connectivity index (χ1v) is 7.96. The van der Waals surface area contributed by atoms with Gasteiger partial charge < -0.3 is 4.74 Å². The third-order valence-corrected chi connectivity index (χ3v) is 4.91. The Hall–Kier alpha value is 0.440. The van der Waals surface area contributed by atoms with Crippen LogP contribution in [-0.2, 0) is 4.74 Å². The first kappa shape index (κ1) is 15.5. The molecular weight excluding hydrogens is 276 g/mol. The maximum atomic E-state index is 6.33. The van der Waals surface area contributed by atoms with E-state index in [1.54, 1.807) is 0 Å². The van der Waals surface area contributed by atoms with Gasteiger partial charge in [0.2, 0.25) is 0 Å². The standard InChI is InChI=1S/C15H29BrO/c1-13(2,3)12-7-9-15(11-16,10-8-12)17-14(4,5)6/h12H,7-11H2,1-6H3. The average molecular weight is 305 g/mol. The van der Waals surface area contributed by atoms with E-state index in [0.717, 1.165) is 11.2 Å². The molecule has 0 aromatic carbocycles. The van der Waals surface area contributed by atoms with Crippen LogP contribution in [0.3, 0.4) is 0 Å². The Labute approximate surface area is 116 Å². The van der Waals surface area contributed by atoms with Gasteiger partial charge in [0.25, 0.3) is 0 Å². The quantitative estimate of drug-likeness (QED) is 0.639. The van der Waals surface area contributed by atoms with Gasteiger partial charge in [0.05, 0.1) is 11.2 Å². The average Bonchev–Trinajstić information content (AvgIpc) is 2.14. The molecule has 1 aliphatic rings. The van der Waals surface area contributed by atoms with Gasteiger partial charge in [0.1, 0.15) is 0 Å². The molecule has 1 fully saturated rings. The van der Waals surface area contributed by atoms with Crippen molar-refractivity contribution in [1.82, 2.24) is 0 Å². The molecule has 1 saturated carbocycles. The summed E-state index contributed by atoms with van der Waals surface area (Å²) in [6.45, 7) is 13.6. The lowest BCUT2D eigenvalue weighted by molar-refractivity contribution is -0.143. The summed E-state index contributed by atoms with van der Waals surface area (Å²) in [5.41, 5.74) is 0.475. The summed E-state index contributed by atoms with van der Waals surface area (Å²) in [7, 11) is 0. The van der Waals surface area contributed by atoms with Crippen LogP contribution in [-0.4, -0.2) is 16.5 Å². The number of hydrogen-bond acceptors (Lipinski definition) is 1. The first-order chi connectivity index (χ1) is 7.58. The lowest BCUT2D eigenvalue weighted by atomic mass is 9.68. The smallest absolute Gasteiger partial charge is 0.0786 e. The van der Waals surface area contributed by atoms with Crippen LogP contribution in [0.5, 0.6) is 0 Å². The molecule has 0 unspecified atom stereocenters. The van der Waals surface area contributed by atoms with E-state index in [1.165, 1.54) is 25.7 Å². The Kier molecular flexibility index (Phi) is 4.75. The fourth-order valence-corrected chi connectivity index (χ4v) is 3.60. The largest absolute Gasteiger partial charge is 0.369 e. The molecule has 0 aromatic rings. The zero-order valence-corrected chi connectivity index (χ0v) is 14.0. The summed E-state index contributed by atoms with van der Waals surface area (Å²) in [6, 6.07) is 0. The van der Waals surface area contributed by atoms with E-state index in [9.17, 15) is 0 Å². The second kappa shape index (κ2) is 5.21. The molecule has 0 amide bonds. The number of hydrogen-bond donors (Lipinski definition) is 0. The Morgan fingerprint density at radius 2 is 1.53 bits per heavy atom. The van der Waals surface area contributed by atoms with Crippen molar-refractivity contribution in [3.8, 4) is 0 Å². The monoisotopic (exact) mass is 304 g/mol. The summed E-state index contributed by atoms with van der Waals surface area (Å²) < 4.78 is 6.33. The topological polar surface area (TPSA) is 9.23 Å². The Morgan fingerprint density at radius 3 is 1.82 bits per heavy atom. The van der Waals surface area contributed by atoms with Gasteiger partial charge in [-0.3, -0.25) is 0 Å². The summed E-state index contributed by atoms with van der Waals surface area (Å²) in [6.07, 6.45) is 4.98. The minimum Gasteiger partial charge on any atom is -0.369 e. The van der Waals surface area contributed by atoms with Gasteiger partial charge in [0.15, 0.2) is 0 Å². The second-order valence-corrected chi connectivity index (χ2v) is 8.23. The molecule has 0 atom stereocenters. The van der Waals surface area contributed by atoms with Crippen molar-refractivity contribution < 1.29 is 4.74 Å². The Morgan fingerprint density at radius 1 is 1.06 bits per heavy atom. The minimum absolute atomic E-state index is 0.0393. The highest BCUT2D eigenvalue weighted by molar-refractivity contribution is 9.09. The van der Waals surface area contributed by atoms with Gasteiger partial charge >= 0.3 is 0 Å². The number of halogens is 1. The molecule has 0 radical (unpaired) electrons. The van der Waals surface area contributed by atoms with Crippen molar-refractivity contribution >= 4 is 15.9 Å². The molecule has 17 heavy (non-hydrogen) atoms. The third kappa shape index (κ3) is 4.55. The van der Waals surface area contributed by atoms with E-state index >= 15 is 0 Å². The van der Waals surface area contributed by atoms with E-state index in [2.05, 4.69) is 57.5 Å². The van der Waals surface area contributed by atoms with Crippen LogP contribution in [0, 0.1) is 11.3 Å². The molecule has 1 rings (SSSR count). The number of alkyl halides is 1. The maximum absolute atomic E-state index is 6.33. The van der Waals surface area contributed by atoms with E-state index in [1.807, 2.05) is 0 Å². The minimum atomic E-state index is -0.0393. The van der Waals surface area contributed by atoms with Crippen LogP contribution < -0.4 is 0 Å². The molecule has 2 heteroatoms. The van der Waals surface area contributed by atoms with Gasteiger partial charge in [-0.1, -0.05) is 36.7 Å². The van der Waals surface area contributed by atoms with Crippen molar-refractivity contribution in [2.45, 2.75) is 78.4 Å². The molecule has 0 N–H and O–H groups in total. The van der Waals surface area contributed by atoms with Crippen molar-refractivity contribution in [3.63, 3.8) is 0 Å². The summed E-state index contributed by atoms with van der Waals surface area (Å²) >= 11 is 3.67. The van der Waals surface area contributed by atoms with Gasteiger partial charge in [-0.2, -0.15) is 0 Å². The van der Waals surface area contributed by atoms with Crippen LogP contribution in [0.1, 0.15) is 67.2 Å². The Balaban J connectivity index is 2.64. The normalized spacial score (nSPS) is 31.6. The highest BCUT2D eigenvalue weighted by Gasteiger charge is 2.40. The van der Waals surface area contributed by atoms with Crippen molar-refractivity contribution in [2.24, 2.45) is 11.3 Å². The SMILES string of the molecule is CC(C)(C)OC1(CBr)CCC(C(C)(C)C)CC1. The van der Waals surface area contributed by atoms with E-state index < -0.39 is 0 Å². The summed E-state index contributed by atoms with van der Waals surface area (Å²) in [4.78, 5) is 0. The lowest BCUT2D eigenvalue weighted by Gasteiger charge is -2.46. The molecule has 1 aliphatic carbocycles. The molecule has 1 nitrogen and oxygen atoms in total. The van der Waals surface area contributed by atoms with E-state index in [0.29, 0.717) is 5.41 Å². The fraction of sp³-hybridized carbons (Fsp3) is 1.00. The van der Waals surface area contributed by atoms with Gasteiger partial charge in [-0.25, -0.2) is 0 Å². The molecule has 102 valence electrons. The second-order valence-electron chi connectivity index (χ2n) is 7.67. The molecule has 0 spiro atoms. The van der Waals surface area contributed by atoms with Crippen molar-refractivity contribution in [3.05, 3.63) is 0 Å². The molecule has 0 heterocycles. The predicted molar refractivity (Wildman–Crippen MR) is 78.8 cm³/mol. The zero-order valence-electron chi connectivity index (χ0n) is 12.4. The van der Waals surface area contributed by atoms with Crippen LogP contribution in [0.25, 0.3) is 0 Å². The molecule has 0 aromatic heterocycles. The van der Waals surface area contributed by atoms with E-state index in [4.69, 9.17) is 4.74 Å². The Bertz CT molecular complexity index is 239.